The molecule has 7 nitrogen and oxygen atoms in total. The van der Waals surface area contributed by atoms with Crippen molar-refractivity contribution >= 4 is 21.6 Å². The molecule has 1 aliphatic rings. The van der Waals surface area contributed by atoms with E-state index in [0.717, 1.165) is 31.5 Å². The maximum atomic E-state index is 13.0. The number of methoxy groups -OCH3 is 1. The number of hydrogen-bond donors (Lipinski definition) is 1. The Morgan fingerprint density at radius 1 is 1.03 bits per heavy atom. The molecule has 0 aromatic heterocycles. The third-order valence-electron chi connectivity index (χ3n) is 6.00. The summed E-state index contributed by atoms with van der Waals surface area (Å²) < 4.78 is 31.5. The summed E-state index contributed by atoms with van der Waals surface area (Å²) in [6.07, 6.45) is 5.32. The van der Waals surface area contributed by atoms with E-state index in [1.54, 1.807) is 38.3 Å². The van der Waals surface area contributed by atoms with Crippen LogP contribution in [0.3, 0.4) is 0 Å². The van der Waals surface area contributed by atoms with E-state index < -0.39 is 16.1 Å². The first-order chi connectivity index (χ1) is 15.8. The van der Waals surface area contributed by atoms with Crippen LogP contribution in [0.1, 0.15) is 43.7 Å². The lowest BCUT2D eigenvalue weighted by molar-refractivity contribution is -0.122. The molecule has 8 heteroatoms. The third kappa shape index (κ3) is 6.95. The summed E-state index contributed by atoms with van der Waals surface area (Å²) >= 11 is 0. The number of sulfonamides is 1. The van der Waals surface area contributed by atoms with Crippen molar-refractivity contribution in [2.75, 3.05) is 30.8 Å². The molecule has 0 saturated carbocycles. The molecule has 33 heavy (non-hydrogen) atoms. The summed E-state index contributed by atoms with van der Waals surface area (Å²) in [5, 5.41) is 2.92. The van der Waals surface area contributed by atoms with Gasteiger partial charge in [0.25, 0.3) is 0 Å². The standard InChI is InChI=1S/C25H35N3O4S/c1-4-24(28(33(3,30)31)22-12-14-23(32-2)15-13-22)25(29)26-18-20-8-10-21(11-9-20)19-27-16-6-5-7-17-27/h8-15,24H,4-7,16-19H2,1-3H3,(H,26,29)/t24-/m0/s1. The molecule has 1 atom stereocenters. The topological polar surface area (TPSA) is 79.0 Å². The van der Waals surface area contributed by atoms with Crippen LogP contribution in [0, 0.1) is 0 Å². The highest BCUT2D eigenvalue weighted by atomic mass is 32.2. The van der Waals surface area contributed by atoms with Crippen molar-refractivity contribution in [3.8, 4) is 5.75 Å². The van der Waals surface area contributed by atoms with Crippen molar-refractivity contribution in [3.63, 3.8) is 0 Å². The number of ether oxygens (including phenoxy) is 1. The Labute approximate surface area is 197 Å². The largest absolute Gasteiger partial charge is 0.497 e. The molecular formula is C25H35N3O4S. The van der Waals surface area contributed by atoms with Crippen LogP contribution in [0.4, 0.5) is 5.69 Å². The molecule has 1 N–H and O–H groups in total. The van der Waals surface area contributed by atoms with Gasteiger partial charge in [-0.15, -0.1) is 0 Å². The van der Waals surface area contributed by atoms with Crippen LogP contribution in [-0.2, 0) is 27.9 Å². The number of carbonyl (C=O) groups is 1. The Balaban J connectivity index is 1.64. The van der Waals surface area contributed by atoms with E-state index in [2.05, 4.69) is 22.3 Å². The lowest BCUT2D eigenvalue weighted by Crippen LogP contribution is -2.49. The molecule has 0 aliphatic carbocycles. The first-order valence-corrected chi connectivity index (χ1v) is 13.4. The molecular weight excluding hydrogens is 438 g/mol. The summed E-state index contributed by atoms with van der Waals surface area (Å²) in [6.45, 7) is 5.42. The molecule has 2 aromatic carbocycles. The average molecular weight is 474 g/mol. The normalized spacial score (nSPS) is 15.6. The fourth-order valence-electron chi connectivity index (χ4n) is 4.23. The third-order valence-corrected chi connectivity index (χ3v) is 7.18. The van der Waals surface area contributed by atoms with Crippen LogP contribution in [0.5, 0.6) is 5.75 Å². The zero-order valence-electron chi connectivity index (χ0n) is 19.8. The lowest BCUT2D eigenvalue weighted by Gasteiger charge is -2.30. The molecule has 1 heterocycles. The van der Waals surface area contributed by atoms with Crippen LogP contribution in [0.25, 0.3) is 0 Å². The van der Waals surface area contributed by atoms with Crippen molar-refractivity contribution in [1.82, 2.24) is 10.2 Å². The van der Waals surface area contributed by atoms with E-state index in [4.69, 9.17) is 4.74 Å². The number of piperidine rings is 1. The second-order valence-corrected chi connectivity index (χ2v) is 10.4. The van der Waals surface area contributed by atoms with Crippen molar-refractivity contribution in [3.05, 3.63) is 59.7 Å². The molecule has 2 aromatic rings. The number of benzene rings is 2. The maximum absolute atomic E-state index is 13.0. The molecule has 1 amide bonds. The van der Waals surface area contributed by atoms with Crippen LogP contribution < -0.4 is 14.4 Å². The quantitative estimate of drug-likeness (QED) is 0.571. The van der Waals surface area contributed by atoms with Crippen LogP contribution >= 0.6 is 0 Å². The van der Waals surface area contributed by atoms with Gasteiger partial charge in [0.05, 0.1) is 19.1 Å². The van der Waals surface area contributed by atoms with Crippen LogP contribution in [-0.4, -0.2) is 51.7 Å². The lowest BCUT2D eigenvalue weighted by atomic mass is 10.1. The van der Waals surface area contributed by atoms with E-state index in [9.17, 15) is 13.2 Å². The highest BCUT2D eigenvalue weighted by Crippen LogP contribution is 2.25. The van der Waals surface area contributed by atoms with Crippen molar-refractivity contribution < 1.29 is 17.9 Å². The second kappa shape index (κ2) is 11.5. The van der Waals surface area contributed by atoms with E-state index in [0.29, 0.717) is 24.4 Å². The average Bonchev–Trinajstić information content (AvgIpc) is 2.82. The molecule has 1 aliphatic heterocycles. The van der Waals surface area contributed by atoms with E-state index in [-0.39, 0.29) is 5.91 Å². The minimum Gasteiger partial charge on any atom is -0.497 e. The van der Waals surface area contributed by atoms with E-state index in [1.807, 2.05) is 12.1 Å². The Hall–Kier alpha value is -2.58. The predicted molar refractivity (Wildman–Crippen MR) is 132 cm³/mol. The highest BCUT2D eigenvalue weighted by molar-refractivity contribution is 7.92. The Morgan fingerprint density at radius 3 is 2.18 bits per heavy atom. The van der Waals surface area contributed by atoms with Crippen molar-refractivity contribution in [2.24, 2.45) is 0 Å². The van der Waals surface area contributed by atoms with Crippen molar-refractivity contribution in [1.29, 1.82) is 0 Å². The van der Waals surface area contributed by atoms with Gasteiger partial charge >= 0.3 is 0 Å². The molecule has 3 rings (SSSR count). The molecule has 0 unspecified atom stereocenters. The summed E-state index contributed by atoms with van der Waals surface area (Å²) in [4.78, 5) is 15.5. The van der Waals surface area contributed by atoms with Crippen molar-refractivity contribution in [2.45, 2.75) is 51.7 Å². The molecule has 0 radical (unpaired) electrons. The molecule has 0 spiro atoms. The molecule has 0 bridgehead atoms. The van der Waals surface area contributed by atoms with E-state index >= 15 is 0 Å². The number of nitrogens with zero attached hydrogens (tertiary/aromatic N) is 2. The van der Waals surface area contributed by atoms with Gasteiger partial charge in [0.15, 0.2) is 0 Å². The van der Waals surface area contributed by atoms with Gasteiger partial charge in [0.1, 0.15) is 11.8 Å². The minimum absolute atomic E-state index is 0.323. The number of anilines is 1. The van der Waals surface area contributed by atoms with Crippen LogP contribution in [0.2, 0.25) is 0 Å². The van der Waals surface area contributed by atoms with Gasteiger partial charge in [0.2, 0.25) is 15.9 Å². The van der Waals surface area contributed by atoms with Gasteiger partial charge in [-0.3, -0.25) is 14.0 Å². The Morgan fingerprint density at radius 2 is 1.64 bits per heavy atom. The number of carbonyl (C=O) groups excluding carboxylic acids is 1. The number of amides is 1. The second-order valence-electron chi connectivity index (χ2n) is 8.55. The maximum Gasteiger partial charge on any atom is 0.244 e. The summed E-state index contributed by atoms with van der Waals surface area (Å²) in [7, 11) is -2.12. The predicted octanol–water partition coefficient (Wildman–Crippen LogP) is 3.54. The fraction of sp³-hybridized carbons (Fsp3) is 0.480. The van der Waals surface area contributed by atoms with Gasteiger partial charge in [-0.2, -0.15) is 0 Å². The van der Waals surface area contributed by atoms with Gasteiger partial charge < -0.3 is 10.1 Å². The molecule has 1 saturated heterocycles. The SMILES string of the molecule is CC[C@@H](C(=O)NCc1ccc(CN2CCCCC2)cc1)N(c1ccc(OC)cc1)S(C)(=O)=O. The van der Waals surface area contributed by atoms with Crippen LogP contribution in [0.15, 0.2) is 48.5 Å². The van der Waals surface area contributed by atoms with Gasteiger partial charge in [-0.1, -0.05) is 37.6 Å². The van der Waals surface area contributed by atoms with Gasteiger partial charge in [0, 0.05) is 13.1 Å². The van der Waals surface area contributed by atoms with E-state index in [1.165, 1.54) is 29.1 Å². The fourth-order valence-corrected chi connectivity index (χ4v) is 5.45. The first kappa shape index (κ1) is 25.1. The monoisotopic (exact) mass is 473 g/mol. The van der Waals surface area contributed by atoms with Gasteiger partial charge in [-0.25, -0.2) is 8.42 Å². The zero-order chi connectivity index (χ0) is 23.8. The summed E-state index contributed by atoms with van der Waals surface area (Å²) in [5.41, 5.74) is 2.68. The highest BCUT2D eigenvalue weighted by Gasteiger charge is 2.31. The first-order valence-electron chi connectivity index (χ1n) is 11.5. The zero-order valence-corrected chi connectivity index (χ0v) is 20.6. The Bertz CT molecular complexity index is 1000. The number of likely N-dealkylation sites (tertiary alicyclic amines) is 1. The number of rotatable bonds is 10. The van der Waals surface area contributed by atoms with Gasteiger partial charge in [-0.05, 0) is 67.7 Å². The minimum atomic E-state index is -3.67. The summed E-state index contributed by atoms with van der Waals surface area (Å²) in [6, 6.07) is 14.1. The number of nitrogens with one attached hydrogen (secondary N) is 1. The molecule has 1 fully saturated rings. The molecule has 180 valence electrons. The smallest absolute Gasteiger partial charge is 0.244 e. The number of hydrogen-bond acceptors (Lipinski definition) is 5. The Kier molecular flexibility index (Phi) is 8.74. The summed E-state index contributed by atoms with van der Waals surface area (Å²) in [5.74, 6) is 0.296.